The Kier molecular flexibility index (Phi) is 5.18. The summed E-state index contributed by atoms with van der Waals surface area (Å²) in [4.78, 5) is 14.9. The second-order valence-corrected chi connectivity index (χ2v) is 6.00. The monoisotopic (exact) mass is 274 g/mol. The van der Waals surface area contributed by atoms with Gasteiger partial charge in [-0.2, -0.15) is 0 Å². The van der Waals surface area contributed by atoms with Crippen LogP contribution in [-0.2, 0) is 11.2 Å². The number of amides is 1. The van der Waals surface area contributed by atoms with Crippen LogP contribution in [0.5, 0.6) is 0 Å². The highest BCUT2D eigenvalue weighted by atomic mass is 16.2. The second kappa shape index (κ2) is 6.89. The van der Waals surface area contributed by atoms with Crippen LogP contribution in [0.2, 0.25) is 0 Å². The van der Waals surface area contributed by atoms with Crippen molar-refractivity contribution in [2.45, 2.75) is 51.6 Å². The van der Waals surface area contributed by atoms with Gasteiger partial charge in [-0.3, -0.25) is 4.79 Å². The summed E-state index contributed by atoms with van der Waals surface area (Å²) in [5.41, 5.74) is 7.06. The van der Waals surface area contributed by atoms with Gasteiger partial charge in [0.05, 0.1) is 5.92 Å². The summed E-state index contributed by atoms with van der Waals surface area (Å²) in [6.45, 7) is 4.73. The number of hydrogen-bond donors (Lipinski definition) is 1. The van der Waals surface area contributed by atoms with E-state index < -0.39 is 0 Å². The maximum absolute atomic E-state index is 12.8. The van der Waals surface area contributed by atoms with Gasteiger partial charge in [0.1, 0.15) is 0 Å². The Morgan fingerprint density at radius 2 is 1.85 bits per heavy atom. The van der Waals surface area contributed by atoms with Gasteiger partial charge in [0.25, 0.3) is 0 Å². The maximum Gasteiger partial charge on any atom is 0.227 e. The van der Waals surface area contributed by atoms with Crippen LogP contribution in [0.1, 0.15) is 38.7 Å². The first-order chi connectivity index (χ1) is 9.63. The summed E-state index contributed by atoms with van der Waals surface area (Å²) in [5, 5.41) is 0. The smallest absolute Gasteiger partial charge is 0.227 e. The Bertz CT molecular complexity index is 422. The number of nitrogens with two attached hydrogens (primary N) is 1. The molecule has 3 nitrogen and oxygen atoms in total. The van der Waals surface area contributed by atoms with Crippen LogP contribution in [0.15, 0.2) is 30.3 Å². The van der Waals surface area contributed by atoms with Crippen LogP contribution >= 0.6 is 0 Å². The minimum absolute atomic E-state index is 0.0969. The Balaban J connectivity index is 2.08. The zero-order valence-corrected chi connectivity index (χ0v) is 12.6. The summed E-state index contributed by atoms with van der Waals surface area (Å²) in [6.07, 6.45) is 4.18. The molecule has 0 saturated carbocycles. The van der Waals surface area contributed by atoms with Crippen molar-refractivity contribution in [3.8, 4) is 0 Å². The van der Waals surface area contributed by atoms with Gasteiger partial charge in [-0.1, -0.05) is 30.3 Å². The van der Waals surface area contributed by atoms with Crippen molar-refractivity contribution in [1.82, 2.24) is 4.90 Å². The molecule has 0 bridgehead atoms. The highest BCUT2D eigenvalue weighted by Gasteiger charge is 2.32. The normalized spacial score (nSPS) is 24.4. The fourth-order valence-electron chi connectivity index (χ4n) is 3.24. The van der Waals surface area contributed by atoms with E-state index in [1.54, 1.807) is 0 Å². The van der Waals surface area contributed by atoms with Crippen molar-refractivity contribution in [2.75, 3.05) is 6.54 Å². The molecule has 3 heteroatoms. The van der Waals surface area contributed by atoms with E-state index in [1.807, 2.05) is 18.2 Å². The van der Waals surface area contributed by atoms with Crippen LogP contribution < -0.4 is 5.73 Å². The van der Waals surface area contributed by atoms with Crippen molar-refractivity contribution in [3.63, 3.8) is 0 Å². The summed E-state index contributed by atoms with van der Waals surface area (Å²) in [7, 11) is 0. The molecule has 1 amide bonds. The number of benzene rings is 1. The number of nitrogens with zero attached hydrogens (tertiary/aromatic N) is 1. The Hall–Kier alpha value is -1.35. The predicted molar refractivity (Wildman–Crippen MR) is 82.3 cm³/mol. The van der Waals surface area contributed by atoms with E-state index in [9.17, 15) is 4.79 Å². The van der Waals surface area contributed by atoms with E-state index in [2.05, 4.69) is 30.9 Å². The number of carbonyl (C=O) groups is 1. The SMILES string of the molecule is CC1CCCC(C)N1C(=O)C(CN)Cc1ccccc1. The lowest BCUT2D eigenvalue weighted by Crippen LogP contribution is -2.51. The van der Waals surface area contributed by atoms with E-state index in [0.29, 0.717) is 18.6 Å². The molecule has 2 N–H and O–H groups in total. The first-order valence-electron chi connectivity index (χ1n) is 7.69. The molecule has 3 atom stereocenters. The number of hydrogen-bond acceptors (Lipinski definition) is 2. The third kappa shape index (κ3) is 3.40. The van der Waals surface area contributed by atoms with Gasteiger partial charge < -0.3 is 10.6 Å². The third-order valence-electron chi connectivity index (χ3n) is 4.41. The first kappa shape index (κ1) is 15.0. The summed E-state index contributed by atoms with van der Waals surface area (Å²) >= 11 is 0. The van der Waals surface area contributed by atoms with Gasteiger partial charge >= 0.3 is 0 Å². The fourth-order valence-corrected chi connectivity index (χ4v) is 3.24. The van der Waals surface area contributed by atoms with Crippen molar-refractivity contribution in [3.05, 3.63) is 35.9 Å². The number of piperidine rings is 1. The van der Waals surface area contributed by atoms with E-state index in [1.165, 1.54) is 12.0 Å². The van der Waals surface area contributed by atoms with Gasteiger partial charge in [-0.05, 0) is 45.1 Å². The molecule has 20 heavy (non-hydrogen) atoms. The summed E-state index contributed by atoms with van der Waals surface area (Å²) < 4.78 is 0. The molecule has 0 spiro atoms. The number of likely N-dealkylation sites (tertiary alicyclic amines) is 1. The molecule has 1 saturated heterocycles. The molecule has 0 aromatic heterocycles. The van der Waals surface area contributed by atoms with Crippen LogP contribution in [0.4, 0.5) is 0 Å². The van der Waals surface area contributed by atoms with Gasteiger partial charge in [0.15, 0.2) is 0 Å². The molecule has 1 aliphatic heterocycles. The Labute approximate surface area is 122 Å². The molecule has 110 valence electrons. The lowest BCUT2D eigenvalue weighted by Gasteiger charge is -2.41. The average molecular weight is 274 g/mol. The van der Waals surface area contributed by atoms with Crippen molar-refractivity contribution in [2.24, 2.45) is 11.7 Å². The van der Waals surface area contributed by atoms with E-state index in [4.69, 9.17) is 5.73 Å². The van der Waals surface area contributed by atoms with E-state index in [-0.39, 0.29) is 11.8 Å². The molecule has 1 fully saturated rings. The Morgan fingerprint density at radius 1 is 1.25 bits per heavy atom. The minimum Gasteiger partial charge on any atom is -0.337 e. The molecular weight excluding hydrogens is 248 g/mol. The summed E-state index contributed by atoms with van der Waals surface area (Å²) in [5.74, 6) is 0.136. The third-order valence-corrected chi connectivity index (χ3v) is 4.41. The zero-order chi connectivity index (χ0) is 14.5. The quantitative estimate of drug-likeness (QED) is 0.917. The highest BCUT2D eigenvalue weighted by molar-refractivity contribution is 5.80. The molecule has 1 aromatic rings. The van der Waals surface area contributed by atoms with Gasteiger partial charge in [-0.15, -0.1) is 0 Å². The van der Waals surface area contributed by atoms with Gasteiger partial charge in [-0.25, -0.2) is 0 Å². The lowest BCUT2D eigenvalue weighted by atomic mass is 9.92. The zero-order valence-electron chi connectivity index (χ0n) is 12.6. The lowest BCUT2D eigenvalue weighted by molar-refractivity contribution is -0.141. The molecule has 1 heterocycles. The highest BCUT2D eigenvalue weighted by Crippen LogP contribution is 2.25. The fraction of sp³-hybridized carbons (Fsp3) is 0.588. The standard InChI is InChI=1S/C17H26N2O/c1-13-7-6-8-14(2)19(13)17(20)16(12-18)11-15-9-4-3-5-10-15/h3-5,9-10,13-14,16H,6-8,11-12,18H2,1-2H3. The predicted octanol–water partition coefficient (Wildman–Crippen LogP) is 2.59. The van der Waals surface area contributed by atoms with Crippen LogP contribution in [0.3, 0.4) is 0 Å². The largest absolute Gasteiger partial charge is 0.337 e. The summed E-state index contributed by atoms with van der Waals surface area (Å²) in [6, 6.07) is 10.8. The van der Waals surface area contributed by atoms with Crippen molar-refractivity contribution in [1.29, 1.82) is 0 Å². The minimum atomic E-state index is -0.0969. The molecule has 2 rings (SSSR count). The van der Waals surface area contributed by atoms with E-state index >= 15 is 0 Å². The van der Waals surface area contributed by atoms with Crippen LogP contribution in [-0.4, -0.2) is 29.4 Å². The molecule has 3 unspecified atom stereocenters. The van der Waals surface area contributed by atoms with Gasteiger partial charge in [0.2, 0.25) is 5.91 Å². The number of carbonyl (C=O) groups excluding carboxylic acids is 1. The maximum atomic E-state index is 12.8. The average Bonchev–Trinajstić information content (AvgIpc) is 2.45. The first-order valence-corrected chi connectivity index (χ1v) is 7.69. The van der Waals surface area contributed by atoms with Crippen LogP contribution in [0, 0.1) is 5.92 Å². The second-order valence-electron chi connectivity index (χ2n) is 6.00. The van der Waals surface area contributed by atoms with Crippen molar-refractivity contribution < 1.29 is 4.79 Å². The molecule has 1 aliphatic rings. The molecule has 1 aromatic carbocycles. The molecule has 0 aliphatic carbocycles. The van der Waals surface area contributed by atoms with E-state index in [0.717, 1.165) is 19.3 Å². The Morgan fingerprint density at radius 3 is 2.40 bits per heavy atom. The number of rotatable bonds is 4. The topological polar surface area (TPSA) is 46.3 Å². The molecular formula is C17H26N2O. The van der Waals surface area contributed by atoms with Gasteiger partial charge in [0, 0.05) is 18.6 Å². The van der Waals surface area contributed by atoms with Crippen molar-refractivity contribution >= 4 is 5.91 Å². The van der Waals surface area contributed by atoms with Crippen LogP contribution in [0.25, 0.3) is 0 Å². The molecule has 0 radical (unpaired) electrons.